The predicted molar refractivity (Wildman–Crippen MR) is 128 cm³/mol. The zero-order valence-corrected chi connectivity index (χ0v) is 20.8. The van der Waals surface area contributed by atoms with Gasteiger partial charge in [-0.3, -0.25) is 14.5 Å². The standard InChI is InChI=1S/C26H30FN3O3S/c1-13(2)11-20-28-29-26(34-20)30-22(16-7-5-15(6-8-16)14(3)4)21-23(31)18-12-17(27)9-10-19(18)33-24(21)25(30)32/h5-8,13-14,17-19,22H,9-12H2,1-4H3. The van der Waals surface area contributed by atoms with Gasteiger partial charge in [-0.15, -0.1) is 10.2 Å². The molecule has 2 aromatic rings. The molecule has 4 atom stereocenters. The number of amides is 1. The average molecular weight is 484 g/mol. The lowest BCUT2D eigenvalue weighted by molar-refractivity contribution is -0.133. The van der Waals surface area contributed by atoms with Crippen molar-refractivity contribution in [2.75, 3.05) is 4.90 Å². The molecule has 3 aliphatic rings. The molecule has 1 aromatic carbocycles. The molecular formula is C26H30FN3O3S. The molecule has 5 rings (SSSR count). The molecule has 1 fully saturated rings. The van der Waals surface area contributed by atoms with E-state index >= 15 is 0 Å². The first-order chi connectivity index (χ1) is 16.2. The summed E-state index contributed by atoms with van der Waals surface area (Å²) in [6, 6.07) is 7.33. The van der Waals surface area contributed by atoms with Gasteiger partial charge in [0.05, 0.1) is 17.5 Å². The molecule has 1 saturated carbocycles. The predicted octanol–water partition coefficient (Wildman–Crippen LogP) is 5.31. The van der Waals surface area contributed by atoms with E-state index in [9.17, 15) is 14.0 Å². The molecule has 2 aliphatic heterocycles. The van der Waals surface area contributed by atoms with Crippen LogP contribution < -0.4 is 4.90 Å². The average Bonchev–Trinajstić information content (AvgIpc) is 3.36. The highest BCUT2D eigenvalue weighted by atomic mass is 32.1. The Morgan fingerprint density at radius 1 is 1.12 bits per heavy atom. The Labute approximate surface area is 203 Å². The normalized spacial score (nSPS) is 26.9. The number of halogens is 1. The van der Waals surface area contributed by atoms with Gasteiger partial charge in [0.1, 0.15) is 17.3 Å². The van der Waals surface area contributed by atoms with Crippen LogP contribution in [0.4, 0.5) is 9.52 Å². The van der Waals surface area contributed by atoms with Crippen LogP contribution in [-0.2, 0) is 20.7 Å². The van der Waals surface area contributed by atoms with E-state index in [0.717, 1.165) is 17.0 Å². The molecule has 0 saturated heterocycles. The Hall–Kier alpha value is -2.61. The van der Waals surface area contributed by atoms with Crippen LogP contribution in [0.2, 0.25) is 0 Å². The second kappa shape index (κ2) is 8.87. The minimum atomic E-state index is -1.02. The van der Waals surface area contributed by atoms with Gasteiger partial charge in [0.25, 0.3) is 5.91 Å². The highest BCUT2D eigenvalue weighted by Crippen LogP contribution is 2.49. The molecule has 180 valence electrons. The number of benzene rings is 1. The second-order valence-corrected chi connectivity index (χ2v) is 11.3. The Bertz CT molecular complexity index is 1140. The van der Waals surface area contributed by atoms with Crippen LogP contribution >= 0.6 is 11.3 Å². The topological polar surface area (TPSA) is 72.4 Å². The van der Waals surface area contributed by atoms with Crippen LogP contribution in [0.15, 0.2) is 35.6 Å². The van der Waals surface area contributed by atoms with E-state index in [2.05, 4.69) is 37.9 Å². The number of rotatable bonds is 5. The SMILES string of the molecule is CC(C)Cc1nnc(N2C(=O)C3=C(C(=O)C4CC(F)CCC4O3)C2c2ccc(C(C)C)cc2)s1. The fraction of sp³-hybridized carbons (Fsp3) is 0.538. The van der Waals surface area contributed by atoms with Gasteiger partial charge in [0.15, 0.2) is 11.5 Å². The summed E-state index contributed by atoms with van der Waals surface area (Å²) in [4.78, 5) is 28.9. The van der Waals surface area contributed by atoms with Gasteiger partial charge in [-0.2, -0.15) is 0 Å². The number of ketones is 1. The third-order valence-corrected chi connectivity index (χ3v) is 7.89. The van der Waals surface area contributed by atoms with Gasteiger partial charge < -0.3 is 4.74 Å². The van der Waals surface area contributed by atoms with Gasteiger partial charge in [-0.05, 0) is 42.2 Å². The maximum absolute atomic E-state index is 14.2. The fourth-order valence-corrected chi connectivity index (χ4v) is 6.24. The van der Waals surface area contributed by atoms with E-state index in [0.29, 0.717) is 35.4 Å². The molecule has 0 bridgehead atoms. The Morgan fingerprint density at radius 2 is 1.85 bits per heavy atom. The van der Waals surface area contributed by atoms with E-state index < -0.39 is 24.2 Å². The first-order valence-electron chi connectivity index (χ1n) is 12.1. The third kappa shape index (κ3) is 3.96. The molecule has 8 heteroatoms. The van der Waals surface area contributed by atoms with E-state index in [1.54, 1.807) is 4.90 Å². The number of anilines is 1. The van der Waals surface area contributed by atoms with Gasteiger partial charge in [0.2, 0.25) is 5.13 Å². The van der Waals surface area contributed by atoms with Crippen molar-refractivity contribution in [1.82, 2.24) is 10.2 Å². The second-order valence-electron chi connectivity index (χ2n) is 10.3. The Morgan fingerprint density at radius 3 is 2.53 bits per heavy atom. The summed E-state index contributed by atoms with van der Waals surface area (Å²) in [6.07, 6.45) is 0.228. The molecule has 34 heavy (non-hydrogen) atoms. The summed E-state index contributed by atoms with van der Waals surface area (Å²) in [5, 5.41) is 9.93. The largest absolute Gasteiger partial charge is 0.483 e. The number of alkyl halides is 1. The maximum atomic E-state index is 14.2. The van der Waals surface area contributed by atoms with E-state index in [1.807, 2.05) is 24.3 Å². The minimum absolute atomic E-state index is 0.0992. The fourth-order valence-electron chi connectivity index (χ4n) is 5.17. The van der Waals surface area contributed by atoms with Crippen LogP contribution in [0.1, 0.15) is 75.1 Å². The molecule has 4 unspecified atom stereocenters. The van der Waals surface area contributed by atoms with Crippen molar-refractivity contribution < 1.29 is 18.7 Å². The Kier molecular flexibility index (Phi) is 6.04. The van der Waals surface area contributed by atoms with Crippen molar-refractivity contribution in [3.63, 3.8) is 0 Å². The van der Waals surface area contributed by atoms with Crippen molar-refractivity contribution >= 4 is 28.2 Å². The molecule has 6 nitrogen and oxygen atoms in total. The van der Waals surface area contributed by atoms with Crippen LogP contribution in [0, 0.1) is 11.8 Å². The summed E-state index contributed by atoms with van der Waals surface area (Å²) >= 11 is 1.37. The lowest BCUT2D eigenvalue weighted by atomic mass is 9.77. The molecule has 3 heterocycles. The van der Waals surface area contributed by atoms with E-state index in [4.69, 9.17) is 4.74 Å². The first kappa shape index (κ1) is 23.1. The van der Waals surface area contributed by atoms with Crippen molar-refractivity contribution in [1.29, 1.82) is 0 Å². The zero-order chi connectivity index (χ0) is 24.1. The molecule has 1 amide bonds. The number of carbonyl (C=O) groups is 2. The van der Waals surface area contributed by atoms with E-state index in [-0.39, 0.29) is 23.9 Å². The summed E-state index contributed by atoms with van der Waals surface area (Å²) in [5.74, 6) is -0.233. The van der Waals surface area contributed by atoms with Gasteiger partial charge in [0, 0.05) is 6.42 Å². The number of aromatic nitrogens is 2. The smallest absolute Gasteiger partial charge is 0.296 e. The number of Topliss-reactive ketones (excluding diaryl/α,β-unsaturated/α-hetero) is 1. The van der Waals surface area contributed by atoms with Gasteiger partial charge >= 0.3 is 0 Å². The summed E-state index contributed by atoms with van der Waals surface area (Å²) < 4.78 is 20.4. The van der Waals surface area contributed by atoms with Crippen LogP contribution in [0.25, 0.3) is 0 Å². The molecule has 1 aliphatic carbocycles. The summed E-state index contributed by atoms with van der Waals surface area (Å²) in [5.41, 5.74) is 2.31. The molecule has 0 spiro atoms. The van der Waals surface area contributed by atoms with Crippen LogP contribution in [-0.4, -0.2) is 34.2 Å². The monoisotopic (exact) mass is 483 g/mol. The number of nitrogens with zero attached hydrogens (tertiary/aromatic N) is 3. The minimum Gasteiger partial charge on any atom is -0.483 e. The van der Waals surface area contributed by atoms with E-state index in [1.165, 1.54) is 16.9 Å². The number of hydrogen-bond acceptors (Lipinski definition) is 6. The van der Waals surface area contributed by atoms with Crippen molar-refractivity contribution in [2.24, 2.45) is 11.8 Å². The summed E-state index contributed by atoms with van der Waals surface area (Å²) in [7, 11) is 0. The lowest BCUT2D eigenvalue weighted by Crippen LogP contribution is -2.42. The van der Waals surface area contributed by atoms with Crippen molar-refractivity contribution in [3.05, 3.63) is 51.7 Å². The van der Waals surface area contributed by atoms with Gasteiger partial charge in [-0.25, -0.2) is 4.39 Å². The highest BCUT2D eigenvalue weighted by molar-refractivity contribution is 7.15. The first-order valence-corrected chi connectivity index (χ1v) is 12.9. The number of hydrogen-bond donors (Lipinski definition) is 0. The molecular weight excluding hydrogens is 453 g/mol. The molecule has 0 N–H and O–H groups in total. The van der Waals surface area contributed by atoms with Crippen molar-refractivity contribution in [2.45, 2.75) is 77.6 Å². The van der Waals surface area contributed by atoms with Crippen LogP contribution in [0.3, 0.4) is 0 Å². The number of ether oxygens (including phenoxy) is 1. The third-order valence-electron chi connectivity index (χ3n) is 6.95. The zero-order valence-electron chi connectivity index (χ0n) is 20.0. The number of carbonyl (C=O) groups excluding carboxylic acids is 2. The van der Waals surface area contributed by atoms with Crippen LogP contribution in [0.5, 0.6) is 0 Å². The lowest BCUT2D eigenvalue weighted by Gasteiger charge is -2.36. The highest BCUT2D eigenvalue weighted by Gasteiger charge is 2.54. The molecule has 1 aromatic heterocycles. The van der Waals surface area contributed by atoms with Gasteiger partial charge in [-0.1, -0.05) is 63.3 Å². The summed E-state index contributed by atoms with van der Waals surface area (Å²) in [6.45, 7) is 8.45. The Balaban J connectivity index is 1.59. The molecule has 0 radical (unpaired) electrons. The van der Waals surface area contributed by atoms with Crippen molar-refractivity contribution in [3.8, 4) is 0 Å². The number of fused-ring (bicyclic) bond motifs is 1. The quantitative estimate of drug-likeness (QED) is 0.576. The maximum Gasteiger partial charge on any atom is 0.296 e.